The third kappa shape index (κ3) is 3.02. The molecule has 0 unspecified atom stereocenters. The highest BCUT2D eigenvalue weighted by Gasteiger charge is 2.28. The van der Waals surface area contributed by atoms with E-state index in [2.05, 4.69) is 4.98 Å². The van der Waals surface area contributed by atoms with Gasteiger partial charge in [0, 0.05) is 30.8 Å². The van der Waals surface area contributed by atoms with Crippen molar-refractivity contribution in [2.45, 2.75) is 13.1 Å². The van der Waals surface area contributed by atoms with Crippen molar-refractivity contribution < 1.29 is 4.74 Å². The van der Waals surface area contributed by atoms with Gasteiger partial charge in [0.05, 0.1) is 13.7 Å². The zero-order chi connectivity index (χ0) is 21.7. The normalized spacial score (nSPS) is 13.1. The Balaban J connectivity index is 1.65. The number of methoxy groups -OCH3 is 1. The summed E-state index contributed by atoms with van der Waals surface area (Å²) in [5.41, 5.74) is 1.65. The summed E-state index contributed by atoms with van der Waals surface area (Å²) < 4.78 is 9.75. The molecule has 0 N–H and O–H groups in total. The van der Waals surface area contributed by atoms with E-state index in [1.165, 1.54) is 9.13 Å². The molecule has 4 aromatic rings. The number of rotatable bonds is 4. The minimum Gasteiger partial charge on any atom is -0.497 e. The fourth-order valence-electron chi connectivity index (χ4n) is 4.02. The molecule has 31 heavy (non-hydrogen) atoms. The number of aromatic nitrogens is 4. The van der Waals surface area contributed by atoms with Crippen molar-refractivity contribution in [3.8, 4) is 5.75 Å². The van der Waals surface area contributed by atoms with Crippen LogP contribution in [0.25, 0.3) is 11.2 Å². The van der Waals surface area contributed by atoms with Gasteiger partial charge >= 0.3 is 5.69 Å². The van der Waals surface area contributed by atoms with E-state index in [4.69, 9.17) is 16.3 Å². The number of hydrogen-bond donors (Lipinski definition) is 0. The van der Waals surface area contributed by atoms with E-state index in [0.717, 1.165) is 11.4 Å². The van der Waals surface area contributed by atoms with Gasteiger partial charge in [0.2, 0.25) is 5.95 Å². The highest BCUT2D eigenvalue weighted by molar-refractivity contribution is 6.31. The second-order valence-electron chi connectivity index (χ2n) is 7.41. The topological polar surface area (TPSA) is 74.3 Å². The van der Waals surface area contributed by atoms with E-state index in [1.807, 2.05) is 51.9 Å². The average Bonchev–Trinajstić information content (AvgIpc) is 3.36. The molecule has 0 amide bonds. The summed E-state index contributed by atoms with van der Waals surface area (Å²) in [6, 6.07) is 14.9. The van der Waals surface area contributed by atoms with Crippen molar-refractivity contribution in [1.29, 1.82) is 0 Å². The van der Waals surface area contributed by atoms with Crippen LogP contribution in [0.5, 0.6) is 5.75 Å². The minimum absolute atomic E-state index is 0.101. The molecule has 8 nitrogen and oxygen atoms in total. The van der Waals surface area contributed by atoms with E-state index in [-0.39, 0.29) is 12.1 Å². The first-order valence-corrected chi connectivity index (χ1v) is 10.2. The first kappa shape index (κ1) is 19.4. The van der Waals surface area contributed by atoms with Crippen LogP contribution < -0.4 is 20.9 Å². The van der Waals surface area contributed by atoms with Crippen molar-refractivity contribution in [2.24, 2.45) is 7.05 Å². The number of imidazole rings is 1. The quantitative estimate of drug-likeness (QED) is 0.491. The van der Waals surface area contributed by atoms with Crippen LogP contribution in [0.1, 0.15) is 5.56 Å². The third-order valence-electron chi connectivity index (χ3n) is 5.67. The first-order chi connectivity index (χ1) is 15.0. The van der Waals surface area contributed by atoms with E-state index in [1.54, 1.807) is 20.2 Å². The number of anilines is 2. The molecule has 1 aliphatic rings. The molecule has 9 heteroatoms. The van der Waals surface area contributed by atoms with Gasteiger partial charge in [-0.05, 0) is 35.9 Å². The Morgan fingerprint density at radius 1 is 1.06 bits per heavy atom. The summed E-state index contributed by atoms with van der Waals surface area (Å²) in [5, 5.41) is 0.515. The maximum absolute atomic E-state index is 13.4. The van der Waals surface area contributed by atoms with Gasteiger partial charge in [0.25, 0.3) is 5.56 Å². The lowest BCUT2D eigenvalue weighted by molar-refractivity contribution is 0.415. The van der Waals surface area contributed by atoms with Gasteiger partial charge in [-0.25, -0.2) is 4.79 Å². The predicted octanol–water partition coefficient (Wildman–Crippen LogP) is 2.76. The highest BCUT2D eigenvalue weighted by atomic mass is 35.5. The predicted molar refractivity (Wildman–Crippen MR) is 120 cm³/mol. The van der Waals surface area contributed by atoms with Crippen molar-refractivity contribution in [1.82, 2.24) is 18.7 Å². The molecule has 158 valence electrons. The van der Waals surface area contributed by atoms with Crippen LogP contribution in [0.3, 0.4) is 0 Å². The van der Waals surface area contributed by atoms with E-state index in [9.17, 15) is 9.59 Å². The van der Waals surface area contributed by atoms with Crippen LogP contribution in [-0.4, -0.2) is 32.3 Å². The van der Waals surface area contributed by atoms with Gasteiger partial charge in [0.1, 0.15) is 5.75 Å². The van der Waals surface area contributed by atoms with E-state index < -0.39 is 5.69 Å². The lowest BCUT2D eigenvalue weighted by Gasteiger charge is -2.16. The fraction of sp³-hybridized carbons (Fsp3) is 0.227. The van der Waals surface area contributed by atoms with Crippen LogP contribution >= 0.6 is 11.6 Å². The molecule has 0 radical (unpaired) electrons. The number of halogens is 1. The zero-order valence-electron chi connectivity index (χ0n) is 17.1. The molecule has 0 spiro atoms. The van der Waals surface area contributed by atoms with Crippen molar-refractivity contribution in [3.05, 3.63) is 80.0 Å². The lowest BCUT2D eigenvalue weighted by atomic mass is 10.2. The molecule has 0 fully saturated rings. The van der Waals surface area contributed by atoms with Gasteiger partial charge < -0.3 is 14.2 Å². The molecular formula is C22H20ClN5O3. The SMILES string of the molecule is COc1ccc(N2CCn3c2nc2c3c(=O)n(Cc3ccccc3Cl)c(=O)n2C)cc1. The van der Waals surface area contributed by atoms with Gasteiger partial charge in [-0.2, -0.15) is 4.98 Å². The Morgan fingerprint density at radius 2 is 1.81 bits per heavy atom. The smallest absolute Gasteiger partial charge is 0.332 e. The molecule has 2 aromatic heterocycles. The molecule has 0 bridgehead atoms. The van der Waals surface area contributed by atoms with Crippen molar-refractivity contribution in [3.63, 3.8) is 0 Å². The fourth-order valence-corrected chi connectivity index (χ4v) is 4.22. The monoisotopic (exact) mass is 437 g/mol. The highest BCUT2D eigenvalue weighted by Crippen LogP contribution is 2.32. The van der Waals surface area contributed by atoms with Crippen LogP contribution in [0, 0.1) is 0 Å². The molecule has 5 rings (SSSR count). The second-order valence-corrected chi connectivity index (χ2v) is 7.82. The Bertz CT molecular complexity index is 1420. The van der Waals surface area contributed by atoms with Crippen LogP contribution in [0.4, 0.5) is 11.6 Å². The Kier molecular flexibility index (Phi) is 4.59. The first-order valence-electron chi connectivity index (χ1n) is 9.84. The number of aryl methyl sites for hydroxylation is 1. The minimum atomic E-state index is -0.426. The number of fused-ring (bicyclic) bond motifs is 3. The maximum atomic E-state index is 13.4. The van der Waals surface area contributed by atoms with Gasteiger partial charge in [-0.1, -0.05) is 29.8 Å². The Labute approximate surface area is 182 Å². The molecule has 0 saturated heterocycles. The molecule has 3 heterocycles. The molecule has 0 saturated carbocycles. The summed E-state index contributed by atoms with van der Waals surface area (Å²) >= 11 is 6.26. The Morgan fingerprint density at radius 3 is 2.52 bits per heavy atom. The largest absolute Gasteiger partial charge is 0.497 e. The third-order valence-corrected chi connectivity index (χ3v) is 6.04. The lowest BCUT2D eigenvalue weighted by Crippen LogP contribution is -2.40. The Hall–Kier alpha value is -3.52. The number of benzene rings is 2. The maximum Gasteiger partial charge on any atom is 0.332 e. The molecule has 1 aliphatic heterocycles. The molecule has 0 aliphatic carbocycles. The molecule has 2 aromatic carbocycles. The summed E-state index contributed by atoms with van der Waals surface area (Å²) in [4.78, 5) is 33.0. The van der Waals surface area contributed by atoms with Crippen molar-refractivity contribution in [2.75, 3.05) is 18.6 Å². The molecular weight excluding hydrogens is 418 g/mol. The standard InChI is InChI=1S/C22H20ClN5O3/c1-25-19-18(20(29)28(22(25)30)13-14-5-3-4-6-17(14)23)27-12-11-26(21(27)24-19)15-7-9-16(31-2)10-8-15/h3-10H,11-13H2,1-2H3. The van der Waals surface area contributed by atoms with Crippen molar-refractivity contribution >= 4 is 34.4 Å². The summed E-state index contributed by atoms with van der Waals surface area (Å²) in [6.45, 7) is 1.37. The van der Waals surface area contributed by atoms with E-state index in [0.29, 0.717) is 40.8 Å². The van der Waals surface area contributed by atoms with Crippen LogP contribution in [0.15, 0.2) is 58.1 Å². The number of hydrogen-bond acceptors (Lipinski definition) is 5. The van der Waals surface area contributed by atoms with Gasteiger partial charge in [-0.3, -0.25) is 13.9 Å². The average molecular weight is 438 g/mol. The van der Waals surface area contributed by atoms with Crippen LogP contribution in [-0.2, 0) is 20.1 Å². The zero-order valence-corrected chi connectivity index (χ0v) is 17.8. The van der Waals surface area contributed by atoms with Gasteiger partial charge in [0.15, 0.2) is 11.2 Å². The van der Waals surface area contributed by atoms with Crippen LogP contribution in [0.2, 0.25) is 5.02 Å². The summed E-state index contributed by atoms with van der Waals surface area (Å²) in [6.07, 6.45) is 0. The van der Waals surface area contributed by atoms with E-state index >= 15 is 0 Å². The van der Waals surface area contributed by atoms with Gasteiger partial charge in [-0.15, -0.1) is 0 Å². The number of nitrogens with zero attached hydrogens (tertiary/aromatic N) is 5. The summed E-state index contributed by atoms with van der Waals surface area (Å²) in [7, 11) is 3.26. The second kappa shape index (κ2) is 7.31. The molecule has 0 atom stereocenters. The summed E-state index contributed by atoms with van der Waals surface area (Å²) in [5.74, 6) is 1.41. The number of ether oxygens (including phenoxy) is 1.